The van der Waals surface area contributed by atoms with E-state index in [-0.39, 0.29) is 19.0 Å². The van der Waals surface area contributed by atoms with Gasteiger partial charge in [-0.25, -0.2) is 14.1 Å². The Morgan fingerprint density at radius 3 is 2.08 bits per heavy atom. The standard InChI is InChI=1S/C42H65Cl2N6O8P/c1-3-4-5-6-7-8-9-10-11-12-13-14-15-16-17-18-21-55-26-33(49-24-31-22-34(43)35(44)23-32(31)25-49)27-56-59(53,54)57-28-37-39(51)40(52)42(58-37,29-46-2)38-20-19-36-41(45)47-30-48-50(36)38/h19-20,22-23,29-30,33,37,39-40,51-52H,3-18,21,24-28H2,1-2H3,(H,53,54)(H2,45,47,48)/t33-,37-,39-,40-,42+/m1/s1. The van der Waals surface area contributed by atoms with Crippen LogP contribution in [0.15, 0.2) is 35.6 Å². The number of halogens is 2. The number of aliphatic imine (C=N–C) groups is 1. The summed E-state index contributed by atoms with van der Waals surface area (Å²) < 4.78 is 38.0. The highest BCUT2D eigenvalue weighted by Gasteiger charge is 2.56. The molecule has 2 aliphatic rings. The number of nitrogens with two attached hydrogens (primary N) is 1. The Bertz CT molecular complexity index is 1790. The van der Waals surface area contributed by atoms with Crippen molar-refractivity contribution in [2.75, 3.05) is 39.2 Å². The summed E-state index contributed by atoms with van der Waals surface area (Å²) in [6, 6.07) is 6.57. The Hall–Kier alpha value is -2.20. The Balaban J connectivity index is 1.07. The minimum Gasteiger partial charge on any atom is -0.387 e. The summed E-state index contributed by atoms with van der Waals surface area (Å²) in [6.45, 7) is 3.42. The van der Waals surface area contributed by atoms with Crippen LogP contribution in [0.5, 0.6) is 0 Å². The van der Waals surface area contributed by atoms with Gasteiger partial charge in [-0.15, -0.1) is 0 Å². The van der Waals surface area contributed by atoms with E-state index in [9.17, 15) is 19.7 Å². The van der Waals surface area contributed by atoms with Crippen molar-refractivity contribution in [1.29, 1.82) is 0 Å². The number of aromatic nitrogens is 3. The zero-order valence-electron chi connectivity index (χ0n) is 34.7. The van der Waals surface area contributed by atoms with Crippen LogP contribution < -0.4 is 5.73 Å². The topological polar surface area (TPSA) is 186 Å². The minimum atomic E-state index is -4.69. The number of aliphatic hydroxyl groups excluding tert-OH is 2. The first-order valence-electron chi connectivity index (χ1n) is 21.5. The number of nitrogens with zero attached hydrogens (tertiary/aromatic N) is 5. The van der Waals surface area contributed by atoms with Crippen molar-refractivity contribution in [2.24, 2.45) is 4.99 Å². The lowest BCUT2D eigenvalue weighted by Gasteiger charge is -2.28. The molecule has 14 nitrogen and oxygen atoms in total. The number of unbranched alkanes of at least 4 members (excludes halogenated alkanes) is 15. The van der Waals surface area contributed by atoms with E-state index in [0.29, 0.717) is 41.0 Å². The van der Waals surface area contributed by atoms with Gasteiger partial charge in [0.25, 0.3) is 0 Å². The van der Waals surface area contributed by atoms with Crippen LogP contribution in [0, 0.1) is 0 Å². The molecule has 17 heteroatoms. The fourth-order valence-corrected chi connectivity index (χ4v) is 9.24. The minimum absolute atomic E-state index is 0.178. The summed E-state index contributed by atoms with van der Waals surface area (Å²) in [5, 5.41) is 27.5. The zero-order valence-corrected chi connectivity index (χ0v) is 37.1. The lowest BCUT2D eigenvalue weighted by molar-refractivity contribution is -0.0548. The molecular weight excluding hydrogens is 818 g/mol. The predicted molar refractivity (Wildman–Crippen MR) is 232 cm³/mol. The van der Waals surface area contributed by atoms with E-state index in [1.54, 1.807) is 12.1 Å². The number of fused-ring (bicyclic) bond motifs is 2. The molecule has 2 aromatic heterocycles. The van der Waals surface area contributed by atoms with E-state index in [0.717, 1.165) is 24.0 Å². The number of phosphoric ester groups is 1. The Kier molecular flexibility index (Phi) is 19.3. The number of ether oxygens (including phenoxy) is 2. The molecule has 1 fully saturated rings. The van der Waals surface area contributed by atoms with E-state index in [1.165, 1.54) is 114 Å². The van der Waals surface area contributed by atoms with Gasteiger partial charge in [-0.3, -0.25) is 18.9 Å². The molecule has 59 heavy (non-hydrogen) atoms. The maximum absolute atomic E-state index is 13.3. The van der Waals surface area contributed by atoms with E-state index in [4.69, 9.17) is 47.5 Å². The third-order valence-corrected chi connectivity index (χ3v) is 13.2. The molecule has 1 aromatic carbocycles. The van der Waals surface area contributed by atoms with Gasteiger partial charge in [0, 0.05) is 33.0 Å². The SMILES string of the molecule is CCCCCCCCCCCCCCCCCCOC[C@H](COP(=O)(O)OC[C@H]1O[C@@](C=NC)(c2ccc3c(N)ncnn23)[C@H](O)[C@@H]1O)N1Cc2cc(Cl)c(Cl)cc2C1. The van der Waals surface area contributed by atoms with Crippen molar-refractivity contribution in [3.8, 4) is 0 Å². The van der Waals surface area contributed by atoms with Gasteiger partial charge in [0.2, 0.25) is 0 Å². The van der Waals surface area contributed by atoms with Crippen LogP contribution in [0.3, 0.4) is 0 Å². The fourth-order valence-electron chi connectivity index (χ4n) is 8.10. The van der Waals surface area contributed by atoms with Crippen molar-refractivity contribution >= 4 is 48.6 Å². The Labute approximate surface area is 359 Å². The van der Waals surface area contributed by atoms with E-state index in [2.05, 4.69) is 26.9 Å². The van der Waals surface area contributed by atoms with Gasteiger partial charge in [-0.1, -0.05) is 126 Å². The molecule has 3 aromatic rings. The molecule has 5 rings (SSSR count). The zero-order chi connectivity index (χ0) is 42.3. The normalized spacial score (nSPS) is 22.5. The van der Waals surface area contributed by atoms with Crippen LogP contribution in [0.1, 0.15) is 126 Å². The Morgan fingerprint density at radius 1 is 0.932 bits per heavy atom. The summed E-state index contributed by atoms with van der Waals surface area (Å²) >= 11 is 12.6. The van der Waals surface area contributed by atoms with E-state index in [1.807, 2.05) is 12.1 Å². The van der Waals surface area contributed by atoms with Crippen LogP contribution in [-0.4, -0.2) is 98.6 Å². The van der Waals surface area contributed by atoms with Crippen molar-refractivity contribution in [3.63, 3.8) is 0 Å². The van der Waals surface area contributed by atoms with Gasteiger partial charge < -0.3 is 30.3 Å². The molecule has 5 N–H and O–H groups in total. The fraction of sp³-hybridized carbons (Fsp3) is 0.690. The highest BCUT2D eigenvalue weighted by atomic mass is 35.5. The molecular formula is C42H65Cl2N6O8P. The molecule has 0 amide bonds. The molecule has 1 unspecified atom stereocenters. The molecule has 330 valence electrons. The van der Waals surface area contributed by atoms with Crippen molar-refractivity contribution in [3.05, 3.63) is 57.5 Å². The molecule has 0 radical (unpaired) electrons. The Morgan fingerprint density at radius 2 is 1.51 bits per heavy atom. The van der Waals surface area contributed by atoms with Gasteiger partial charge in [0.1, 0.15) is 30.2 Å². The monoisotopic (exact) mass is 882 g/mol. The molecule has 0 bridgehead atoms. The third kappa shape index (κ3) is 13.4. The lowest BCUT2D eigenvalue weighted by atomic mass is 9.92. The van der Waals surface area contributed by atoms with Gasteiger partial charge in [0.15, 0.2) is 11.4 Å². The summed E-state index contributed by atoms with van der Waals surface area (Å²) in [6.07, 6.45) is 19.0. The van der Waals surface area contributed by atoms with Gasteiger partial charge in [0.05, 0.1) is 41.6 Å². The van der Waals surface area contributed by atoms with Crippen molar-refractivity contribution < 1.29 is 38.2 Å². The van der Waals surface area contributed by atoms with Gasteiger partial charge in [-0.05, 0) is 41.8 Å². The summed E-state index contributed by atoms with van der Waals surface area (Å²) in [5.74, 6) is 0.204. The molecule has 1 saturated heterocycles. The van der Waals surface area contributed by atoms with Crippen molar-refractivity contribution in [2.45, 2.75) is 153 Å². The quantitative estimate of drug-likeness (QED) is 0.0310. The second-order valence-corrected chi connectivity index (χ2v) is 18.2. The molecule has 2 aliphatic heterocycles. The number of rotatable bonds is 28. The number of benzene rings is 1. The van der Waals surface area contributed by atoms with Crippen LogP contribution in [-0.2, 0) is 41.8 Å². The molecule has 0 aliphatic carbocycles. The number of nitrogen functional groups attached to an aromatic ring is 1. The van der Waals surface area contributed by atoms with Gasteiger partial charge in [-0.2, -0.15) is 5.10 Å². The maximum atomic E-state index is 13.3. The summed E-state index contributed by atoms with van der Waals surface area (Å²) in [5.41, 5.74) is 7.14. The second kappa shape index (κ2) is 23.9. The number of anilines is 1. The average Bonchev–Trinajstić information content (AvgIpc) is 3.90. The lowest BCUT2D eigenvalue weighted by Crippen LogP contribution is -2.43. The molecule has 0 saturated carbocycles. The van der Waals surface area contributed by atoms with Crippen molar-refractivity contribution in [1.82, 2.24) is 19.5 Å². The number of phosphoric acid groups is 1. The third-order valence-electron chi connectivity index (χ3n) is 11.5. The molecule has 4 heterocycles. The first-order chi connectivity index (χ1) is 28.5. The van der Waals surface area contributed by atoms with Gasteiger partial charge >= 0.3 is 7.82 Å². The number of aliphatic hydroxyl groups is 2. The first kappa shape index (κ1) is 47.8. The van der Waals surface area contributed by atoms with Crippen LogP contribution in [0.25, 0.3) is 5.52 Å². The maximum Gasteiger partial charge on any atom is 0.472 e. The average molecular weight is 884 g/mol. The highest BCUT2D eigenvalue weighted by molar-refractivity contribution is 7.47. The summed E-state index contributed by atoms with van der Waals surface area (Å²) in [4.78, 5) is 21.0. The number of hydrogen-bond acceptors (Lipinski definition) is 12. The predicted octanol–water partition coefficient (Wildman–Crippen LogP) is 8.43. The molecule has 0 spiro atoms. The first-order valence-corrected chi connectivity index (χ1v) is 23.7. The largest absolute Gasteiger partial charge is 0.472 e. The van der Waals surface area contributed by atoms with Crippen LogP contribution in [0.4, 0.5) is 5.82 Å². The van der Waals surface area contributed by atoms with Crippen LogP contribution >= 0.6 is 31.0 Å². The molecule has 6 atom stereocenters. The van der Waals surface area contributed by atoms with Crippen LogP contribution in [0.2, 0.25) is 10.0 Å². The van der Waals surface area contributed by atoms with E-state index >= 15 is 0 Å². The highest BCUT2D eigenvalue weighted by Crippen LogP contribution is 2.46. The van der Waals surface area contributed by atoms with E-state index < -0.39 is 44.4 Å². The smallest absolute Gasteiger partial charge is 0.387 e. The number of hydrogen-bond donors (Lipinski definition) is 4. The summed E-state index contributed by atoms with van der Waals surface area (Å²) in [7, 11) is -3.20. The second-order valence-electron chi connectivity index (χ2n) is 16.0.